The zero-order valence-electron chi connectivity index (χ0n) is 10.5. The number of rotatable bonds is 2. The maximum Gasteiger partial charge on any atom is 0.0962 e. The molecule has 0 aliphatic heterocycles. The molecule has 0 amide bonds. The van der Waals surface area contributed by atoms with Gasteiger partial charge in [0.1, 0.15) is 0 Å². The van der Waals surface area contributed by atoms with Crippen LogP contribution in [0.2, 0.25) is 0 Å². The van der Waals surface area contributed by atoms with Gasteiger partial charge in [0.15, 0.2) is 0 Å². The molecule has 0 spiro atoms. The topological polar surface area (TPSA) is 38.9 Å². The molecule has 0 saturated heterocycles. The third-order valence-electron chi connectivity index (χ3n) is 3.63. The summed E-state index contributed by atoms with van der Waals surface area (Å²) in [7, 11) is 0. The Bertz CT molecular complexity index is 349. The molecule has 2 rings (SSSR count). The summed E-state index contributed by atoms with van der Waals surface area (Å²) in [6, 6.07) is 0.133. The molecule has 0 radical (unpaired) electrons. The van der Waals surface area contributed by atoms with Crippen LogP contribution in [0, 0.1) is 12.8 Å². The van der Waals surface area contributed by atoms with Crippen LogP contribution in [0.25, 0.3) is 0 Å². The van der Waals surface area contributed by atoms with Gasteiger partial charge in [0.2, 0.25) is 0 Å². The Kier molecular flexibility index (Phi) is 3.65. The van der Waals surface area contributed by atoms with E-state index in [2.05, 4.69) is 13.8 Å². The van der Waals surface area contributed by atoms with Crippen molar-refractivity contribution in [2.75, 3.05) is 0 Å². The molecule has 90 valence electrons. The van der Waals surface area contributed by atoms with Crippen LogP contribution in [0.5, 0.6) is 0 Å². The zero-order chi connectivity index (χ0) is 11.7. The van der Waals surface area contributed by atoms with Gasteiger partial charge in [-0.25, -0.2) is 4.98 Å². The Morgan fingerprint density at radius 3 is 2.44 bits per heavy atom. The minimum Gasteiger partial charge on any atom is -0.323 e. The number of nitrogens with zero attached hydrogens (tertiary/aromatic N) is 1. The Balaban J connectivity index is 2.12. The summed E-state index contributed by atoms with van der Waals surface area (Å²) in [5.74, 6) is 1.61. The van der Waals surface area contributed by atoms with Gasteiger partial charge >= 0.3 is 0 Å². The highest BCUT2D eigenvalue weighted by Gasteiger charge is 2.23. The molecule has 1 aromatic heterocycles. The molecule has 1 atom stereocenters. The maximum atomic E-state index is 5.95. The fraction of sp³-hybridized carbons (Fsp3) is 0.769. The summed E-state index contributed by atoms with van der Waals surface area (Å²) >= 11 is 1.84. The van der Waals surface area contributed by atoms with Crippen LogP contribution in [0.1, 0.15) is 67.1 Å². The monoisotopic (exact) mass is 238 g/mol. The molecule has 1 unspecified atom stereocenters. The molecule has 2 nitrogen and oxygen atoms in total. The van der Waals surface area contributed by atoms with Gasteiger partial charge in [0.05, 0.1) is 10.7 Å². The number of hydrogen-bond acceptors (Lipinski definition) is 3. The molecule has 0 bridgehead atoms. The van der Waals surface area contributed by atoms with E-state index in [0.29, 0.717) is 5.92 Å². The van der Waals surface area contributed by atoms with E-state index >= 15 is 0 Å². The Morgan fingerprint density at radius 1 is 1.31 bits per heavy atom. The van der Waals surface area contributed by atoms with Crippen LogP contribution in [-0.4, -0.2) is 4.98 Å². The smallest absolute Gasteiger partial charge is 0.0962 e. The molecule has 1 saturated carbocycles. The Labute approximate surface area is 102 Å². The minimum atomic E-state index is 0.133. The van der Waals surface area contributed by atoms with Crippen molar-refractivity contribution in [2.45, 2.75) is 58.4 Å². The van der Waals surface area contributed by atoms with Gasteiger partial charge in [-0.3, -0.25) is 0 Å². The summed E-state index contributed by atoms with van der Waals surface area (Å²) in [6.45, 7) is 6.49. The lowest BCUT2D eigenvalue weighted by Crippen LogP contribution is -2.10. The Hall–Kier alpha value is -0.410. The molecule has 1 aliphatic rings. The fourth-order valence-electron chi connectivity index (χ4n) is 2.53. The second-order valence-corrected chi connectivity index (χ2v) is 6.31. The number of aryl methyl sites for hydroxylation is 1. The zero-order valence-corrected chi connectivity index (χ0v) is 11.3. The average molecular weight is 238 g/mol. The summed E-state index contributed by atoms with van der Waals surface area (Å²) in [5.41, 5.74) is 7.10. The van der Waals surface area contributed by atoms with E-state index in [1.807, 2.05) is 18.3 Å². The van der Waals surface area contributed by atoms with E-state index in [9.17, 15) is 0 Å². The van der Waals surface area contributed by atoms with E-state index < -0.39 is 0 Å². The average Bonchev–Trinajstić information content (AvgIpc) is 2.61. The highest BCUT2D eigenvalue weighted by molar-refractivity contribution is 7.11. The van der Waals surface area contributed by atoms with Crippen LogP contribution in [0.15, 0.2) is 0 Å². The maximum absolute atomic E-state index is 5.95. The van der Waals surface area contributed by atoms with Crippen molar-refractivity contribution in [3.63, 3.8) is 0 Å². The van der Waals surface area contributed by atoms with Crippen LogP contribution in [0.3, 0.4) is 0 Å². The third kappa shape index (κ3) is 2.46. The second kappa shape index (κ2) is 4.84. The predicted molar refractivity (Wildman–Crippen MR) is 69.8 cm³/mol. The van der Waals surface area contributed by atoms with Crippen molar-refractivity contribution < 1.29 is 0 Å². The van der Waals surface area contributed by atoms with Gasteiger partial charge in [0.25, 0.3) is 0 Å². The highest BCUT2D eigenvalue weighted by atomic mass is 32.1. The van der Waals surface area contributed by atoms with Crippen molar-refractivity contribution in [3.8, 4) is 0 Å². The first-order valence-corrected chi connectivity index (χ1v) is 7.12. The molecule has 1 aromatic rings. The summed E-state index contributed by atoms with van der Waals surface area (Å²) < 4.78 is 0. The number of aromatic nitrogens is 1. The van der Waals surface area contributed by atoms with Crippen LogP contribution >= 0.6 is 11.3 Å². The van der Waals surface area contributed by atoms with Crippen molar-refractivity contribution in [3.05, 3.63) is 15.6 Å². The van der Waals surface area contributed by atoms with Gasteiger partial charge in [-0.2, -0.15) is 0 Å². The number of thiazole rings is 1. The number of hydrogen-bond donors (Lipinski definition) is 1. The van der Waals surface area contributed by atoms with Gasteiger partial charge in [-0.15, -0.1) is 11.3 Å². The standard InChI is InChI=1S/C13H22N2S/c1-8-4-6-11(7-5-8)13-15-10(3)12(16-13)9(2)14/h8-9,11H,4-7,14H2,1-3H3. The Morgan fingerprint density at radius 2 is 1.94 bits per heavy atom. The summed E-state index contributed by atoms with van der Waals surface area (Å²) in [6.07, 6.45) is 5.34. The van der Waals surface area contributed by atoms with Gasteiger partial charge in [-0.05, 0) is 32.6 Å². The summed E-state index contributed by atoms with van der Waals surface area (Å²) in [4.78, 5) is 5.99. The predicted octanol–water partition coefficient (Wildman–Crippen LogP) is 3.76. The molecule has 1 heterocycles. The molecule has 3 heteroatoms. The van der Waals surface area contributed by atoms with Gasteiger partial charge in [0, 0.05) is 16.8 Å². The van der Waals surface area contributed by atoms with E-state index in [4.69, 9.17) is 10.7 Å². The SMILES string of the molecule is Cc1nc(C2CCC(C)CC2)sc1C(C)N. The van der Waals surface area contributed by atoms with Crippen molar-refractivity contribution >= 4 is 11.3 Å². The van der Waals surface area contributed by atoms with Crippen molar-refractivity contribution in [1.29, 1.82) is 0 Å². The molecule has 0 aromatic carbocycles. The lowest BCUT2D eigenvalue weighted by molar-refractivity contribution is 0.347. The van der Waals surface area contributed by atoms with Gasteiger partial charge < -0.3 is 5.73 Å². The van der Waals surface area contributed by atoms with E-state index in [1.54, 1.807) is 0 Å². The minimum absolute atomic E-state index is 0.133. The third-order valence-corrected chi connectivity index (χ3v) is 5.15. The first kappa shape index (κ1) is 12.1. The van der Waals surface area contributed by atoms with Crippen molar-refractivity contribution in [2.24, 2.45) is 11.7 Å². The van der Waals surface area contributed by atoms with E-state index in [0.717, 1.165) is 11.6 Å². The van der Waals surface area contributed by atoms with Crippen LogP contribution in [-0.2, 0) is 0 Å². The molecule has 2 N–H and O–H groups in total. The van der Waals surface area contributed by atoms with E-state index in [-0.39, 0.29) is 6.04 Å². The highest BCUT2D eigenvalue weighted by Crippen LogP contribution is 2.38. The molecule has 16 heavy (non-hydrogen) atoms. The molecular formula is C13H22N2S. The largest absolute Gasteiger partial charge is 0.323 e. The first-order chi connectivity index (χ1) is 7.58. The van der Waals surface area contributed by atoms with E-state index in [1.165, 1.54) is 35.6 Å². The quantitative estimate of drug-likeness (QED) is 0.852. The normalized spacial score (nSPS) is 28.0. The fourth-order valence-corrected chi connectivity index (χ4v) is 3.72. The first-order valence-electron chi connectivity index (χ1n) is 6.30. The van der Waals surface area contributed by atoms with Gasteiger partial charge in [-0.1, -0.05) is 19.8 Å². The molecule has 1 fully saturated rings. The lowest BCUT2D eigenvalue weighted by atomic mass is 9.83. The lowest BCUT2D eigenvalue weighted by Gasteiger charge is -2.24. The van der Waals surface area contributed by atoms with Crippen LogP contribution in [0.4, 0.5) is 0 Å². The molecular weight excluding hydrogens is 216 g/mol. The molecule has 1 aliphatic carbocycles. The number of nitrogens with two attached hydrogens (primary N) is 1. The van der Waals surface area contributed by atoms with Crippen LogP contribution < -0.4 is 5.73 Å². The second-order valence-electron chi connectivity index (χ2n) is 5.25. The summed E-state index contributed by atoms with van der Waals surface area (Å²) in [5, 5.41) is 1.33. The van der Waals surface area contributed by atoms with Crippen molar-refractivity contribution in [1.82, 2.24) is 4.98 Å².